The molecule has 1 aromatic carbocycles. The molecule has 6 heteroatoms. The van der Waals surface area contributed by atoms with Crippen LogP contribution >= 0.6 is 0 Å². The average Bonchev–Trinajstić information content (AvgIpc) is 3.02. The van der Waals surface area contributed by atoms with Gasteiger partial charge in [0.05, 0.1) is 0 Å². The van der Waals surface area contributed by atoms with Crippen molar-refractivity contribution in [2.75, 3.05) is 12.4 Å². The number of benzene rings is 1. The zero-order valence-electron chi connectivity index (χ0n) is 10.4. The van der Waals surface area contributed by atoms with Gasteiger partial charge in [-0.3, -0.25) is 4.57 Å². The Labute approximate surface area is 110 Å². The van der Waals surface area contributed by atoms with Gasteiger partial charge in [0.25, 0.3) is 0 Å². The molecule has 0 bridgehead atoms. The molecule has 0 unspecified atom stereocenters. The first-order valence-electron chi connectivity index (χ1n) is 5.84. The number of hydrogen-bond donors (Lipinski definition) is 1. The minimum absolute atomic E-state index is 0.526. The molecule has 19 heavy (non-hydrogen) atoms. The zero-order valence-corrected chi connectivity index (χ0v) is 10.4. The van der Waals surface area contributed by atoms with Crippen LogP contribution in [0.15, 0.2) is 49.1 Å². The quantitative estimate of drug-likeness (QED) is 0.769. The van der Waals surface area contributed by atoms with E-state index in [1.807, 2.05) is 30.3 Å². The predicted octanol–water partition coefficient (Wildman–Crippen LogP) is 1.77. The number of nitrogens with one attached hydrogen (secondary N) is 1. The third kappa shape index (κ3) is 2.28. The molecule has 0 spiro atoms. The summed E-state index contributed by atoms with van der Waals surface area (Å²) in [7, 11) is 1.78. The van der Waals surface area contributed by atoms with E-state index in [1.165, 1.54) is 0 Å². The predicted molar refractivity (Wildman–Crippen MR) is 71.9 cm³/mol. The van der Waals surface area contributed by atoms with Crippen molar-refractivity contribution < 1.29 is 0 Å². The summed E-state index contributed by atoms with van der Waals surface area (Å²) in [4.78, 5) is 17.1. The van der Waals surface area contributed by atoms with Crippen molar-refractivity contribution in [3.63, 3.8) is 0 Å². The first kappa shape index (κ1) is 11.3. The lowest BCUT2D eigenvalue weighted by Gasteiger charge is -2.06. The molecule has 0 fully saturated rings. The molecule has 6 nitrogen and oxygen atoms in total. The van der Waals surface area contributed by atoms with E-state index in [9.17, 15) is 0 Å². The van der Waals surface area contributed by atoms with Crippen LogP contribution in [0, 0.1) is 0 Å². The number of rotatable bonds is 3. The summed E-state index contributed by atoms with van der Waals surface area (Å²) >= 11 is 0. The van der Waals surface area contributed by atoms with Crippen molar-refractivity contribution in [2.24, 2.45) is 0 Å². The van der Waals surface area contributed by atoms with Gasteiger partial charge in [-0.15, -0.1) is 0 Å². The van der Waals surface area contributed by atoms with Crippen LogP contribution in [-0.2, 0) is 0 Å². The Balaban J connectivity index is 2.13. The standard InChI is InChI=1S/C13H12N6/c1-14-12-16-11(10-5-3-2-4-6-10)17-13(18-12)19-8-7-15-9-19/h2-9H,1H3,(H,14,16,17,18). The van der Waals surface area contributed by atoms with E-state index in [4.69, 9.17) is 0 Å². The van der Waals surface area contributed by atoms with Crippen molar-refractivity contribution in [2.45, 2.75) is 0 Å². The summed E-state index contributed by atoms with van der Waals surface area (Å²) in [6.45, 7) is 0. The minimum Gasteiger partial charge on any atom is -0.357 e. The lowest BCUT2D eigenvalue weighted by Crippen LogP contribution is -2.06. The summed E-state index contributed by atoms with van der Waals surface area (Å²) in [6.07, 6.45) is 5.14. The number of aromatic nitrogens is 5. The highest BCUT2D eigenvalue weighted by Gasteiger charge is 2.08. The molecule has 94 valence electrons. The van der Waals surface area contributed by atoms with Crippen LogP contribution in [0.25, 0.3) is 17.3 Å². The average molecular weight is 252 g/mol. The zero-order chi connectivity index (χ0) is 13.1. The number of imidazole rings is 1. The van der Waals surface area contributed by atoms with Crippen LogP contribution < -0.4 is 5.32 Å². The second-order valence-corrected chi connectivity index (χ2v) is 3.87. The van der Waals surface area contributed by atoms with Crippen LogP contribution in [0.2, 0.25) is 0 Å². The third-order valence-corrected chi connectivity index (χ3v) is 2.61. The van der Waals surface area contributed by atoms with Gasteiger partial charge in [-0.05, 0) is 0 Å². The van der Waals surface area contributed by atoms with Gasteiger partial charge in [0.15, 0.2) is 5.82 Å². The highest BCUT2D eigenvalue weighted by molar-refractivity contribution is 5.56. The Morgan fingerprint density at radius 1 is 1.05 bits per heavy atom. The molecular weight excluding hydrogens is 240 g/mol. The Morgan fingerprint density at radius 2 is 1.89 bits per heavy atom. The second kappa shape index (κ2) is 4.85. The van der Waals surface area contributed by atoms with Crippen LogP contribution in [-0.4, -0.2) is 31.6 Å². The van der Waals surface area contributed by atoms with Crippen molar-refractivity contribution in [1.29, 1.82) is 0 Å². The van der Waals surface area contributed by atoms with E-state index >= 15 is 0 Å². The molecule has 3 aromatic rings. The van der Waals surface area contributed by atoms with E-state index in [-0.39, 0.29) is 0 Å². The Bertz CT molecular complexity index is 663. The molecule has 1 N–H and O–H groups in total. The lowest BCUT2D eigenvalue weighted by molar-refractivity contribution is 0.902. The van der Waals surface area contributed by atoms with Crippen molar-refractivity contribution in [1.82, 2.24) is 24.5 Å². The van der Waals surface area contributed by atoms with Crippen LogP contribution in [0.5, 0.6) is 0 Å². The summed E-state index contributed by atoms with van der Waals surface area (Å²) in [5, 5.41) is 2.94. The molecule has 2 aromatic heterocycles. The maximum absolute atomic E-state index is 4.45. The van der Waals surface area contributed by atoms with Gasteiger partial charge in [0.2, 0.25) is 11.9 Å². The van der Waals surface area contributed by atoms with Crippen molar-refractivity contribution >= 4 is 5.95 Å². The number of hydrogen-bond acceptors (Lipinski definition) is 5. The van der Waals surface area contributed by atoms with Gasteiger partial charge in [0.1, 0.15) is 6.33 Å². The fourth-order valence-corrected chi connectivity index (χ4v) is 1.69. The van der Waals surface area contributed by atoms with Crippen LogP contribution in [0.1, 0.15) is 0 Å². The molecule has 0 amide bonds. The molecule has 0 aliphatic rings. The van der Waals surface area contributed by atoms with Gasteiger partial charge in [-0.25, -0.2) is 4.98 Å². The Morgan fingerprint density at radius 3 is 2.58 bits per heavy atom. The molecular formula is C13H12N6. The summed E-state index contributed by atoms with van der Waals surface area (Å²) in [5.41, 5.74) is 0.947. The SMILES string of the molecule is CNc1nc(-c2ccccc2)nc(-n2ccnc2)n1. The smallest absolute Gasteiger partial charge is 0.240 e. The molecule has 0 saturated heterocycles. The van der Waals surface area contributed by atoms with E-state index < -0.39 is 0 Å². The van der Waals surface area contributed by atoms with E-state index in [0.29, 0.717) is 17.7 Å². The van der Waals surface area contributed by atoms with Crippen molar-refractivity contribution in [3.8, 4) is 17.3 Å². The molecule has 3 rings (SSSR count). The third-order valence-electron chi connectivity index (χ3n) is 2.61. The minimum atomic E-state index is 0.526. The number of anilines is 1. The topological polar surface area (TPSA) is 68.5 Å². The van der Waals surface area contributed by atoms with Crippen LogP contribution in [0.3, 0.4) is 0 Å². The first-order chi connectivity index (χ1) is 9.36. The Hall–Kier alpha value is -2.76. The summed E-state index contributed by atoms with van der Waals surface area (Å²) in [5.74, 6) is 1.69. The largest absolute Gasteiger partial charge is 0.357 e. The van der Waals surface area contributed by atoms with Gasteiger partial charge in [-0.2, -0.15) is 15.0 Å². The fourth-order valence-electron chi connectivity index (χ4n) is 1.69. The molecule has 0 aliphatic heterocycles. The maximum atomic E-state index is 4.45. The molecule has 0 saturated carbocycles. The van der Waals surface area contributed by atoms with E-state index in [1.54, 1.807) is 30.3 Å². The first-order valence-corrected chi connectivity index (χ1v) is 5.84. The fraction of sp³-hybridized carbons (Fsp3) is 0.0769. The highest BCUT2D eigenvalue weighted by Crippen LogP contribution is 2.16. The summed E-state index contributed by atoms with van der Waals surface area (Å²) in [6, 6.07) is 9.80. The molecule has 0 radical (unpaired) electrons. The van der Waals surface area contributed by atoms with Crippen molar-refractivity contribution in [3.05, 3.63) is 49.1 Å². The Kier molecular flexibility index (Phi) is 2.89. The highest BCUT2D eigenvalue weighted by atomic mass is 15.2. The van der Waals surface area contributed by atoms with Gasteiger partial charge in [0, 0.05) is 25.0 Å². The van der Waals surface area contributed by atoms with Crippen LogP contribution in [0.4, 0.5) is 5.95 Å². The molecule has 2 heterocycles. The maximum Gasteiger partial charge on any atom is 0.240 e. The number of nitrogens with zero attached hydrogens (tertiary/aromatic N) is 5. The van der Waals surface area contributed by atoms with E-state index in [0.717, 1.165) is 5.56 Å². The van der Waals surface area contributed by atoms with Gasteiger partial charge in [-0.1, -0.05) is 30.3 Å². The normalized spacial score (nSPS) is 10.4. The molecule has 0 atom stereocenters. The van der Waals surface area contributed by atoms with Gasteiger partial charge >= 0.3 is 0 Å². The van der Waals surface area contributed by atoms with E-state index in [2.05, 4.69) is 25.3 Å². The summed E-state index contributed by atoms with van der Waals surface area (Å²) < 4.78 is 1.74. The second-order valence-electron chi connectivity index (χ2n) is 3.87. The lowest BCUT2D eigenvalue weighted by atomic mass is 10.2. The molecule has 0 aliphatic carbocycles. The van der Waals surface area contributed by atoms with Gasteiger partial charge < -0.3 is 5.32 Å². The monoisotopic (exact) mass is 252 g/mol.